The second kappa shape index (κ2) is 7.49. The summed E-state index contributed by atoms with van der Waals surface area (Å²) in [5, 5.41) is 1.29. The van der Waals surface area contributed by atoms with Crippen LogP contribution in [0.1, 0.15) is 19.5 Å². The van der Waals surface area contributed by atoms with Crippen LogP contribution in [-0.2, 0) is 6.54 Å². The number of hydrogen-bond acceptors (Lipinski definition) is 1. The molecule has 0 radical (unpaired) electrons. The van der Waals surface area contributed by atoms with Crippen LogP contribution >= 0.6 is 0 Å². The van der Waals surface area contributed by atoms with E-state index in [0.29, 0.717) is 15.0 Å². The normalized spacial score (nSPS) is 15.3. The maximum absolute atomic E-state index is 2.44. The Morgan fingerprint density at radius 2 is 1.77 bits per heavy atom. The molecule has 0 amide bonds. The number of rotatable bonds is 4. The van der Waals surface area contributed by atoms with E-state index >= 15 is 0 Å². The Balaban J connectivity index is 1.65. The summed E-state index contributed by atoms with van der Waals surface area (Å²) < 4.78 is 5.29. The summed E-state index contributed by atoms with van der Waals surface area (Å²) in [6.45, 7) is 6.42. The van der Waals surface area contributed by atoms with Gasteiger partial charge in [-0.25, -0.2) is 0 Å². The standard InChI is InChI=1S/C23H23N2Se/c1-3-24-19(17-16-18-10-5-6-12-20(18)24)11-9-15-23-25(4-2)21-13-7-8-14-22(21)26-23/h5-17H,3-4H2,1-2H3/q+1. The molecular formula is C23H23N2Se+. The van der Waals surface area contributed by atoms with Crippen molar-refractivity contribution < 1.29 is 4.57 Å². The summed E-state index contributed by atoms with van der Waals surface area (Å²) >= 11 is 0.390. The van der Waals surface area contributed by atoms with Crippen molar-refractivity contribution >= 4 is 42.1 Å². The van der Waals surface area contributed by atoms with Gasteiger partial charge in [-0.15, -0.1) is 0 Å². The van der Waals surface area contributed by atoms with Crippen molar-refractivity contribution in [3.05, 3.63) is 83.1 Å². The molecule has 1 aromatic heterocycles. The van der Waals surface area contributed by atoms with Crippen molar-refractivity contribution in [1.82, 2.24) is 0 Å². The van der Waals surface area contributed by atoms with E-state index in [-0.39, 0.29) is 0 Å². The fraction of sp³-hybridized carbons (Fsp3) is 0.174. The molecule has 0 fully saturated rings. The van der Waals surface area contributed by atoms with E-state index in [0.717, 1.165) is 13.1 Å². The first-order valence-corrected chi connectivity index (χ1v) is 10.9. The van der Waals surface area contributed by atoms with Gasteiger partial charge in [0.15, 0.2) is 0 Å². The van der Waals surface area contributed by atoms with Gasteiger partial charge >= 0.3 is 162 Å². The molecule has 1 aliphatic heterocycles. The number of hydrogen-bond donors (Lipinski definition) is 0. The van der Waals surface area contributed by atoms with Crippen LogP contribution in [0, 0.1) is 0 Å². The van der Waals surface area contributed by atoms with Gasteiger partial charge in [-0.05, 0) is 0 Å². The zero-order chi connectivity index (χ0) is 17.9. The molecule has 3 heteroatoms. The van der Waals surface area contributed by atoms with E-state index in [9.17, 15) is 0 Å². The minimum absolute atomic E-state index is 0.390. The molecule has 1 aliphatic rings. The van der Waals surface area contributed by atoms with Crippen LogP contribution in [0.5, 0.6) is 0 Å². The third-order valence-corrected chi connectivity index (χ3v) is 7.12. The molecule has 2 aromatic carbocycles. The summed E-state index contributed by atoms with van der Waals surface area (Å²) in [4.78, 5) is 2.44. The molecule has 0 unspecified atom stereocenters. The molecule has 3 aromatic rings. The van der Waals surface area contributed by atoms with Crippen molar-refractivity contribution in [3.8, 4) is 0 Å². The van der Waals surface area contributed by atoms with Gasteiger partial charge < -0.3 is 0 Å². The van der Waals surface area contributed by atoms with E-state index in [1.54, 1.807) is 0 Å². The first-order valence-electron chi connectivity index (χ1n) is 9.16. The second-order valence-corrected chi connectivity index (χ2v) is 8.47. The molecule has 0 atom stereocenters. The second-order valence-electron chi connectivity index (χ2n) is 6.24. The molecule has 0 spiro atoms. The van der Waals surface area contributed by atoms with E-state index in [1.165, 1.54) is 31.3 Å². The van der Waals surface area contributed by atoms with Gasteiger partial charge in [0.2, 0.25) is 0 Å². The summed E-state index contributed by atoms with van der Waals surface area (Å²) in [5.41, 5.74) is 3.91. The molecular weight excluding hydrogens is 383 g/mol. The average molecular weight is 406 g/mol. The summed E-state index contributed by atoms with van der Waals surface area (Å²) in [6, 6.07) is 21.8. The predicted octanol–water partition coefficient (Wildman–Crippen LogP) is 3.87. The van der Waals surface area contributed by atoms with Crippen LogP contribution in [0.25, 0.3) is 17.0 Å². The zero-order valence-corrected chi connectivity index (χ0v) is 16.9. The number of allylic oxidation sites excluding steroid dienone is 2. The Morgan fingerprint density at radius 3 is 2.62 bits per heavy atom. The van der Waals surface area contributed by atoms with Crippen molar-refractivity contribution in [2.24, 2.45) is 0 Å². The minimum atomic E-state index is 0.390. The van der Waals surface area contributed by atoms with Crippen LogP contribution in [0.3, 0.4) is 0 Å². The monoisotopic (exact) mass is 407 g/mol. The molecule has 2 heterocycles. The Labute approximate surface area is 161 Å². The molecule has 2 nitrogen and oxygen atoms in total. The van der Waals surface area contributed by atoms with Gasteiger partial charge in [0.05, 0.1) is 0 Å². The average Bonchev–Trinajstić information content (AvgIpc) is 3.05. The first kappa shape index (κ1) is 17.1. The number of pyridine rings is 1. The molecule has 0 saturated heterocycles. The van der Waals surface area contributed by atoms with Crippen molar-refractivity contribution in [3.63, 3.8) is 0 Å². The van der Waals surface area contributed by atoms with E-state index in [2.05, 4.69) is 102 Å². The Kier molecular flexibility index (Phi) is 4.92. The third kappa shape index (κ3) is 3.09. The number of aryl methyl sites for hydroxylation is 1. The molecule has 26 heavy (non-hydrogen) atoms. The molecule has 130 valence electrons. The quantitative estimate of drug-likeness (QED) is 0.471. The van der Waals surface area contributed by atoms with E-state index in [1.807, 2.05) is 0 Å². The summed E-state index contributed by atoms with van der Waals surface area (Å²) in [6.07, 6.45) is 6.73. The van der Waals surface area contributed by atoms with Gasteiger partial charge in [0, 0.05) is 0 Å². The Morgan fingerprint density at radius 1 is 0.962 bits per heavy atom. The van der Waals surface area contributed by atoms with Gasteiger partial charge in [0.25, 0.3) is 0 Å². The molecule has 0 aliphatic carbocycles. The third-order valence-electron chi connectivity index (χ3n) is 4.75. The van der Waals surface area contributed by atoms with Crippen molar-refractivity contribution in [1.29, 1.82) is 0 Å². The Bertz CT molecular complexity index is 1000. The summed E-state index contributed by atoms with van der Waals surface area (Å²) in [7, 11) is 0. The van der Waals surface area contributed by atoms with Crippen LogP contribution in [0.2, 0.25) is 0 Å². The van der Waals surface area contributed by atoms with Crippen LogP contribution < -0.4 is 13.9 Å². The molecule has 0 saturated carbocycles. The first-order chi connectivity index (χ1) is 12.8. The van der Waals surface area contributed by atoms with Crippen LogP contribution in [0.4, 0.5) is 5.69 Å². The van der Waals surface area contributed by atoms with Crippen molar-refractivity contribution in [2.45, 2.75) is 20.4 Å². The number of nitrogens with zero attached hydrogens (tertiary/aromatic N) is 2. The fourth-order valence-corrected chi connectivity index (χ4v) is 5.90. The fourth-order valence-electron chi connectivity index (χ4n) is 3.51. The van der Waals surface area contributed by atoms with E-state index < -0.39 is 0 Å². The Hall–Kier alpha value is -2.35. The number of benzene rings is 2. The topological polar surface area (TPSA) is 7.12 Å². The maximum atomic E-state index is 2.44. The van der Waals surface area contributed by atoms with Gasteiger partial charge in [-0.1, -0.05) is 0 Å². The summed E-state index contributed by atoms with van der Waals surface area (Å²) in [5.74, 6) is 0. The van der Waals surface area contributed by atoms with Crippen LogP contribution in [0.15, 0.2) is 77.4 Å². The number of fused-ring (bicyclic) bond motifs is 2. The van der Waals surface area contributed by atoms with Gasteiger partial charge in [-0.2, -0.15) is 0 Å². The van der Waals surface area contributed by atoms with E-state index in [4.69, 9.17) is 0 Å². The zero-order valence-electron chi connectivity index (χ0n) is 15.2. The predicted molar refractivity (Wildman–Crippen MR) is 112 cm³/mol. The number of para-hydroxylation sites is 2. The molecule has 0 bridgehead atoms. The number of anilines is 1. The van der Waals surface area contributed by atoms with Gasteiger partial charge in [0.1, 0.15) is 0 Å². The van der Waals surface area contributed by atoms with Gasteiger partial charge in [-0.3, -0.25) is 0 Å². The number of aromatic nitrogens is 1. The molecule has 4 rings (SSSR count). The van der Waals surface area contributed by atoms with Crippen molar-refractivity contribution in [2.75, 3.05) is 11.4 Å². The van der Waals surface area contributed by atoms with Crippen LogP contribution in [-0.4, -0.2) is 21.5 Å². The SMILES string of the molecule is CCN1/C(=C\C=C\c2ccc3ccccc3[n+]2CC)[Se]c2ccccc21. The molecule has 0 N–H and O–H groups in total.